The number of rotatable bonds is 3. The molecule has 1 rings (SSSR count). The second kappa shape index (κ2) is 3.96. The third kappa shape index (κ3) is 2.23. The van der Waals surface area contributed by atoms with E-state index in [1.54, 1.807) is 12.1 Å². The highest BCUT2D eigenvalue weighted by Crippen LogP contribution is 1.93. The number of aliphatic hydroxyl groups excluding tert-OH is 1. The zero-order chi connectivity index (χ0) is 9.84. The van der Waals surface area contributed by atoms with Gasteiger partial charge in [-0.3, -0.25) is 0 Å². The molecule has 1 aromatic rings. The Hall–Kier alpha value is -1.48. The van der Waals surface area contributed by atoms with E-state index in [2.05, 4.69) is 13.2 Å². The lowest BCUT2D eigenvalue weighted by Crippen LogP contribution is -2.17. The van der Waals surface area contributed by atoms with Crippen LogP contribution in [0.15, 0.2) is 22.8 Å². The van der Waals surface area contributed by atoms with Crippen molar-refractivity contribution in [2.75, 3.05) is 7.11 Å². The molecule has 0 aromatic carbocycles. The highest BCUT2D eigenvalue weighted by molar-refractivity contribution is 5.40. The molecule has 0 aliphatic rings. The predicted octanol–water partition coefficient (Wildman–Crippen LogP) is 0.123. The van der Waals surface area contributed by atoms with Gasteiger partial charge in [-0.15, -0.1) is 0 Å². The van der Waals surface area contributed by atoms with Crippen molar-refractivity contribution in [3.63, 3.8) is 0 Å². The molecule has 0 aliphatic carbocycles. The highest BCUT2D eigenvalue weighted by atomic mass is 16.5. The molecular weight excluding hydrogens is 168 g/mol. The zero-order valence-electron chi connectivity index (χ0n) is 7.54. The number of aliphatic hydroxyl groups is 1. The average molecular weight is 180 g/mol. The number of methoxy groups -OCH3 is 1. The minimum absolute atomic E-state index is 0.129. The van der Waals surface area contributed by atoms with Crippen molar-refractivity contribution >= 4 is 12.7 Å². The van der Waals surface area contributed by atoms with Crippen LogP contribution in [0.5, 0.6) is 0 Å². The van der Waals surface area contributed by atoms with Gasteiger partial charge < -0.3 is 14.3 Å². The molecule has 1 heterocycles. The van der Waals surface area contributed by atoms with E-state index >= 15 is 0 Å². The molecule has 3 heteroatoms. The molecule has 0 unspecified atom stereocenters. The van der Waals surface area contributed by atoms with Crippen molar-refractivity contribution in [1.82, 2.24) is 0 Å². The van der Waals surface area contributed by atoms with Crippen LogP contribution in [-0.4, -0.2) is 12.2 Å². The Kier molecular flexibility index (Phi) is 2.93. The van der Waals surface area contributed by atoms with Gasteiger partial charge in [0.1, 0.15) is 23.5 Å². The van der Waals surface area contributed by atoms with Gasteiger partial charge in [0.2, 0.25) is 0 Å². The highest BCUT2D eigenvalue weighted by Gasteiger charge is 1.96. The molecule has 0 amide bonds. The third-order valence-electron chi connectivity index (χ3n) is 1.63. The molecule has 0 atom stereocenters. The van der Waals surface area contributed by atoms with Crippen molar-refractivity contribution in [2.45, 2.75) is 6.61 Å². The van der Waals surface area contributed by atoms with E-state index in [4.69, 9.17) is 14.3 Å². The Morgan fingerprint density at radius 1 is 1.77 bits per heavy atom. The summed E-state index contributed by atoms with van der Waals surface area (Å²) in [6, 6.07) is 1.70. The molecule has 0 saturated carbocycles. The number of hydrogen-bond donors (Lipinski definition) is 1. The summed E-state index contributed by atoms with van der Waals surface area (Å²) in [6.07, 6.45) is 1.70. The van der Waals surface area contributed by atoms with E-state index in [1.165, 1.54) is 7.11 Å². The molecule has 0 aliphatic heterocycles. The first-order chi connectivity index (χ1) is 6.17. The van der Waals surface area contributed by atoms with E-state index < -0.39 is 0 Å². The monoisotopic (exact) mass is 180 g/mol. The molecule has 0 radical (unpaired) electrons. The van der Waals surface area contributed by atoms with Crippen LogP contribution in [-0.2, 0) is 11.3 Å². The van der Waals surface area contributed by atoms with Crippen molar-refractivity contribution in [1.29, 1.82) is 0 Å². The Bertz CT molecular complexity index is 400. The molecule has 1 aromatic heterocycles. The summed E-state index contributed by atoms with van der Waals surface area (Å²) in [5, 5.41) is 9.55. The maximum absolute atomic E-state index is 8.78. The molecule has 0 fully saturated rings. The van der Waals surface area contributed by atoms with E-state index in [0.29, 0.717) is 16.9 Å². The topological polar surface area (TPSA) is 42.6 Å². The van der Waals surface area contributed by atoms with Gasteiger partial charge in [0.15, 0.2) is 0 Å². The SMILES string of the molecule is C=C(/C=c1/cc(CO)oc1=C)OC. The van der Waals surface area contributed by atoms with E-state index in [-0.39, 0.29) is 6.61 Å². The number of allylic oxidation sites excluding steroid dienone is 1. The first kappa shape index (κ1) is 9.61. The quantitative estimate of drug-likeness (QED) is 0.672. The van der Waals surface area contributed by atoms with Gasteiger partial charge in [-0.1, -0.05) is 13.2 Å². The van der Waals surface area contributed by atoms with Gasteiger partial charge in [-0.05, 0) is 12.1 Å². The normalized spacial score (nSPS) is 11.7. The summed E-state index contributed by atoms with van der Waals surface area (Å²) in [6.45, 7) is 7.18. The van der Waals surface area contributed by atoms with E-state index in [9.17, 15) is 0 Å². The molecule has 70 valence electrons. The van der Waals surface area contributed by atoms with Crippen LogP contribution in [0.2, 0.25) is 0 Å². The maximum atomic E-state index is 8.78. The molecule has 13 heavy (non-hydrogen) atoms. The summed E-state index contributed by atoms with van der Waals surface area (Å²) >= 11 is 0. The summed E-state index contributed by atoms with van der Waals surface area (Å²) in [4.78, 5) is 0. The lowest BCUT2D eigenvalue weighted by Gasteiger charge is -1.92. The Balaban J connectivity index is 3.14. The first-order valence-corrected chi connectivity index (χ1v) is 3.80. The summed E-state index contributed by atoms with van der Waals surface area (Å²) in [5.41, 5.74) is 0.502. The van der Waals surface area contributed by atoms with Crippen LogP contribution >= 0.6 is 0 Å². The van der Waals surface area contributed by atoms with Gasteiger partial charge in [-0.2, -0.15) is 0 Å². The molecular formula is C10H12O3. The second-order valence-electron chi connectivity index (χ2n) is 2.56. The Morgan fingerprint density at radius 2 is 2.46 bits per heavy atom. The zero-order valence-corrected chi connectivity index (χ0v) is 7.54. The maximum Gasteiger partial charge on any atom is 0.130 e. The molecule has 0 spiro atoms. The van der Waals surface area contributed by atoms with E-state index in [0.717, 1.165) is 5.22 Å². The molecule has 3 nitrogen and oxygen atoms in total. The lowest BCUT2D eigenvalue weighted by molar-refractivity contribution is 0.244. The minimum atomic E-state index is -0.129. The second-order valence-corrected chi connectivity index (χ2v) is 2.56. The minimum Gasteiger partial charge on any atom is -0.497 e. The van der Waals surface area contributed by atoms with Crippen molar-refractivity contribution in [2.24, 2.45) is 0 Å². The lowest BCUT2D eigenvalue weighted by atomic mass is 10.3. The fraction of sp³-hybridized carbons (Fsp3) is 0.200. The number of hydrogen-bond acceptors (Lipinski definition) is 3. The summed E-state index contributed by atoms with van der Waals surface area (Å²) in [5.74, 6) is 1.01. The van der Waals surface area contributed by atoms with Gasteiger partial charge in [-0.25, -0.2) is 0 Å². The fourth-order valence-corrected chi connectivity index (χ4v) is 0.933. The van der Waals surface area contributed by atoms with Crippen LogP contribution in [0.25, 0.3) is 12.7 Å². The Labute approximate surface area is 76.3 Å². The van der Waals surface area contributed by atoms with Gasteiger partial charge in [0.25, 0.3) is 0 Å². The number of ether oxygens (including phenoxy) is 1. The van der Waals surface area contributed by atoms with Crippen LogP contribution in [0, 0.1) is 0 Å². The van der Waals surface area contributed by atoms with Crippen molar-refractivity contribution in [3.05, 3.63) is 34.8 Å². The van der Waals surface area contributed by atoms with Crippen molar-refractivity contribution in [3.8, 4) is 0 Å². The largest absolute Gasteiger partial charge is 0.497 e. The smallest absolute Gasteiger partial charge is 0.130 e. The summed E-state index contributed by atoms with van der Waals surface area (Å²) < 4.78 is 9.99. The average Bonchev–Trinajstić information content (AvgIpc) is 2.47. The molecule has 1 N–H and O–H groups in total. The molecule has 0 bridgehead atoms. The van der Waals surface area contributed by atoms with Crippen molar-refractivity contribution < 1.29 is 14.3 Å². The first-order valence-electron chi connectivity index (χ1n) is 3.80. The summed E-state index contributed by atoms with van der Waals surface area (Å²) in [7, 11) is 1.54. The fourth-order valence-electron chi connectivity index (χ4n) is 0.933. The van der Waals surface area contributed by atoms with Gasteiger partial charge in [0, 0.05) is 5.22 Å². The van der Waals surface area contributed by atoms with Crippen LogP contribution < -0.4 is 10.6 Å². The third-order valence-corrected chi connectivity index (χ3v) is 1.63. The van der Waals surface area contributed by atoms with Crippen LogP contribution in [0.4, 0.5) is 0 Å². The van der Waals surface area contributed by atoms with E-state index in [1.807, 2.05) is 0 Å². The number of furan rings is 1. The molecule has 0 saturated heterocycles. The van der Waals surface area contributed by atoms with Gasteiger partial charge >= 0.3 is 0 Å². The van der Waals surface area contributed by atoms with Gasteiger partial charge in [0.05, 0.1) is 7.11 Å². The van der Waals surface area contributed by atoms with Crippen LogP contribution in [0.3, 0.4) is 0 Å². The standard InChI is InChI=1S/C10H12O3/c1-7(12-3)4-9-5-10(6-11)13-8(9)2/h4-5,11H,1-2,6H2,3H3/b9-4-. The Morgan fingerprint density at radius 3 is 2.92 bits per heavy atom. The van der Waals surface area contributed by atoms with Crippen LogP contribution in [0.1, 0.15) is 5.76 Å². The predicted molar refractivity (Wildman–Crippen MR) is 50.0 cm³/mol.